The summed E-state index contributed by atoms with van der Waals surface area (Å²) in [5, 5.41) is 0. The third kappa shape index (κ3) is 2.47. The van der Waals surface area contributed by atoms with Gasteiger partial charge in [-0.15, -0.1) is 0 Å². The van der Waals surface area contributed by atoms with Crippen LogP contribution >= 0.6 is 0 Å². The van der Waals surface area contributed by atoms with Crippen molar-refractivity contribution in [3.8, 4) is 0 Å². The lowest BCUT2D eigenvalue weighted by Gasteiger charge is -2.27. The minimum absolute atomic E-state index is 0.186. The first kappa shape index (κ1) is 11.4. The highest BCUT2D eigenvalue weighted by molar-refractivity contribution is 6.67. The lowest BCUT2D eigenvalue weighted by molar-refractivity contribution is -0.125. The van der Waals surface area contributed by atoms with Crippen LogP contribution in [0, 0.1) is 5.41 Å². The van der Waals surface area contributed by atoms with Crippen LogP contribution in [0.2, 0.25) is 6.32 Å². The third-order valence-electron chi connectivity index (χ3n) is 2.71. The maximum atomic E-state index is 11.3. The van der Waals surface area contributed by atoms with Gasteiger partial charge in [0, 0.05) is 5.41 Å². The minimum atomic E-state index is -0.291. The Morgan fingerprint density at radius 3 is 2.17 bits per heavy atom. The monoisotopic (exact) mass is 167 g/mol. The van der Waals surface area contributed by atoms with Gasteiger partial charge in [-0.25, -0.2) is 0 Å². The van der Waals surface area contributed by atoms with Crippen molar-refractivity contribution >= 4 is 19.2 Å². The van der Waals surface area contributed by atoms with Crippen LogP contribution in [0.4, 0.5) is 0 Å². The van der Waals surface area contributed by atoms with E-state index in [1.54, 1.807) is 6.92 Å². The smallest absolute Gasteiger partial charge is 0.198 e. The van der Waals surface area contributed by atoms with E-state index >= 15 is 0 Å². The average Bonchev–Trinajstić information content (AvgIpc) is 2.07. The van der Waals surface area contributed by atoms with Crippen molar-refractivity contribution < 1.29 is 9.59 Å². The fourth-order valence-electron chi connectivity index (χ4n) is 1.45. The molecule has 0 heterocycles. The molecule has 0 rings (SSSR count). The molecule has 12 heavy (non-hydrogen) atoms. The molecule has 0 aromatic heterocycles. The highest BCUT2D eigenvalue weighted by Crippen LogP contribution is 2.31. The van der Waals surface area contributed by atoms with Crippen molar-refractivity contribution in [1.29, 1.82) is 0 Å². The fraction of sp³-hybridized carbons (Fsp3) is 0.778. The number of ketones is 1. The summed E-state index contributed by atoms with van der Waals surface area (Å²) in [6.45, 7) is 5.58. The second kappa shape index (κ2) is 5.12. The van der Waals surface area contributed by atoms with E-state index in [9.17, 15) is 9.59 Å². The Morgan fingerprint density at radius 1 is 1.42 bits per heavy atom. The van der Waals surface area contributed by atoms with Crippen molar-refractivity contribution in [2.75, 3.05) is 0 Å². The molecule has 0 unspecified atom stereocenters. The molecule has 3 heteroatoms. The van der Waals surface area contributed by atoms with Gasteiger partial charge in [-0.2, -0.15) is 0 Å². The molecule has 0 aliphatic rings. The van der Waals surface area contributed by atoms with Crippen LogP contribution in [-0.2, 0) is 9.59 Å². The van der Waals surface area contributed by atoms with Crippen molar-refractivity contribution in [1.82, 2.24) is 0 Å². The maximum absolute atomic E-state index is 11.3. The van der Waals surface area contributed by atoms with Gasteiger partial charge in [0.05, 0.1) is 6.19 Å². The molecule has 0 atom stereocenters. The topological polar surface area (TPSA) is 34.1 Å². The van der Waals surface area contributed by atoms with E-state index < -0.39 is 0 Å². The van der Waals surface area contributed by atoms with E-state index in [4.69, 9.17) is 0 Å². The molecule has 67 valence electrons. The van der Waals surface area contributed by atoms with Gasteiger partial charge in [-0.05, 0) is 19.8 Å². The van der Waals surface area contributed by atoms with Crippen LogP contribution in [-0.4, -0.2) is 19.2 Å². The number of Topliss-reactive ketones (excluding diaryl/α,β-unsaturated/α-hetero) is 1. The van der Waals surface area contributed by atoms with E-state index in [0.29, 0.717) is 6.32 Å². The van der Waals surface area contributed by atoms with Crippen LogP contribution in [0.15, 0.2) is 0 Å². The lowest BCUT2D eigenvalue weighted by atomic mass is 9.60. The Morgan fingerprint density at radius 2 is 1.92 bits per heavy atom. The van der Waals surface area contributed by atoms with Gasteiger partial charge < -0.3 is 4.79 Å². The van der Waals surface area contributed by atoms with Crippen LogP contribution in [0.5, 0.6) is 0 Å². The summed E-state index contributed by atoms with van der Waals surface area (Å²) in [6.07, 6.45) is 2.97. The first-order valence-electron chi connectivity index (χ1n) is 4.41. The third-order valence-corrected chi connectivity index (χ3v) is 2.71. The second-order valence-corrected chi connectivity index (χ2v) is 3.12. The number of carbonyl (C=O) groups excluding carboxylic acids is 2. The van der Waals surface area contributed by atoms with Crippen molar-refractivity contribution in [3.05, 3.63) is 0 Å². The Hall–Kier alpha value is -0.595. The molecule has 1 radical (unpaired) electrons. The first-order valence-corrected chi connectivity index (χ1v) is 4.41. The van der Waals surface area contributed by atoms with E-state index in [1.165, 1.54) is 7.28 Å². The van der Waals surface area contributed by atoms with Crippen molar-refractivity contribution in [2.24, 2.45) is 5.41 Å². The molecule has 0 N–H and O–H groups in total. The zero-order chi connectivity index (χ0) is 9.61. The Balaban J connectivity index is 4.34. The van der Waals surface area contributed by atoms with E-state index in [-0.39, 0.29) is 11.2 Å². The van der Waals surface area contributed by atoms with Gasteiger partial charge in [0.15, 0.2) is 7.28 Å². The maximum Gasteiger partial charge on any atom is 0.198 e. The van der Waals surface area contributed by atoms with Gasteiger partial charge in [-0.3, -0.25) is 4.79 Å². The van der Waals surface area contributed by atoms with Crippen LogP contribution in [0.1, 0.15) is 33.6 Å². The normalized spacial score (nSPS) is 10.9. The molecule has 0 aliphatic carbocycles. The predicted molar refractivity (Wildman–Crippen MR) is 51.0 cm³/mol. The number of carbonyl (C=O) groups is 2. The molecular weight excluding hydrogens is 151 g/mol. The number of hydrogen-bond acceptors (Lipinski definition) is 2. The number of hydrogen-bond donors (Lipinski definition) is 0. The van der Waals surface area contributed by atoms with Gasteiger partial charge in [0.25, 0.3) is 0 Å². The largest absolute Gasteiger partial charge is 0.316 e. The van der Waals surface area contributed by atoms with E-state index in [0.717, 1.165) is 19.0 Å². The fourth-order valence-corrected chi connectivity index (χ4v) is 1.45. The standard InChI is InChI=1S/C9H16BO2/c1-4-9(5-2,8(3)12)6-10-7-11/h7H,4-6H2,1-3H3. The molecule has 0 bridgehead atoms. The zero-order valence-electron chi connectivity index (χ0n) is 8.09. The molecule has 0 saturated carbocycles. The van der Waals surface area contributed by atoms with Gasteiger partial charge in [-0.1, -0.05) is 20.2 Å². The Kier molecular flexibility index (Phi) is 4.87. The van der Waals surface area contributed by atoms with Gasteiger partial charge >= 0.3 is 0 Å². The van der Waals surface area contributed by atoms with Crippen molar-refractivity contribution in [3.63, 3.8) is 0 Å². The van der Waals surface area contributed by atoms with Crippen LogP contribution < -0.4 is 0 Å². The predicted octanol–water partition coefficient (Wildman–Crippen LogP) is 1.69. The van der Waals surface area contributed by atoms with Crippen LogP contribution in [0.25, 0.3) is 0 Å². The highest BCUT2D eigenvalue weighted by Gasteiger charge is 2.30. The summed E-state index contributed by atoms with van der Waals surface area (Å²) < 4.78 is 0. The molecule has 0 fully saturated rings. The average molecular weight is 167 g/mol. The molecule has 0 aliphatic heterocycles. The first-order chi connectivity index (χ1) is 5.63. The Bertz CT molecular complexity index is 162. The highest BCUT2D eigenvalue weighted by atomic mass is 16.1. The van der Waals surface area contributed by atoms with Gasteiger partial charge in [0.2, 0.25) is 0 Å². The lowest BCUT2D eigenvalue weighted by Crippen LogP contribution is -2.29. The number of rotatable bonds is 6. The van der Waals surface area contributed by atoms with E-state index in [1.807, 2.05) is 13.8 Å². The molecule has 2 nitrogen and oxygen atoms in total. The SMILES string of the molecule is CCC(CC)(C[B]C=O)C(C)=O. The molecule has 0 amide bonds. The summed E-state index contributed by atoms with van der Waals surface area (Å²) in [6, 6.07) is 0. The Labute approximate surface area is 75.0 Å². The molecule has 0 aromatic rings. The van der Waals surface area contributed by atoms with Crippen LogP contribution in [0.3, 0.4) is 0 Å². The summed E-state index contributed by atoms with van der Waals surface area (Å²) >= 11 is 0. The quantitative estimate of drug-likeness (QED) is 0.445. The van der Waals surface area contributed by atoms with Gasteiger partial charge in [0.1, 0.15) is 5.78 Å². The summed E-state index contributed by atoms with van der Waals surface area (Å²) in [5.41, 5.74) is -0.291. The van der Waals surface area contributed by atoms with E-state index in [2.05, 4.69) is 0 Å². The minimum Gasteiger partial charge on any atom is -0.316 e. The molecule has 0 saturated heterocycles. The molecule has 0 spiro atoms. The summed E-state index contributed by atoms with van der Waals surface area (Å²) in [5.74, 6) is 0.186. The van der Waals surface area contributed by atoms with Crippen molar-refractivity contribution in [2.45, 2.75) is 39.9 Å². The summed E-state index contributed by atoms with van der Waals surface area (Å²) in [4.78, 5) is 21.4. The second-order valence-electron chi connectivity index (χ2n) is 3.12. The summed E-state index contributed by atoms with van der Waals surface area (Å²) in [7, 11) is 1.54. The molecule has 0 aromatic carbocycles. The zero-order valence-corrected chi connectivity index (χ0v) is 8.09. The molecular formula is C9H16BO2.